The van der Waals surface area contributed by atoms with E-state index in [1.54, 1.807) is 11.3 Å². The lowest BCUT2D eigenvalue weighted by atomic mass is 10.2. The Morgan fingerprint density at radius 1 is 1.45 bits per heavy atom. The lowest BCUT2D eigenvalue weighted by molar-refractivity contribution is 0.0955. The number of ether oxygens (including phenoxy) is 1. The number of aryl methyl sites for hydroxylation is 2. The van der Waals surface area contributed by atoms with Gasteiger partial charge >= 0.3 is 0 Å². The molecular formula is C16H20N2O2S2. The molecule has 0 saturated carbocycles. The van der Waals surface area contributed by atoms with Crippen molar-refractivity contribution in [2.24, 2.45) is 0 Å². The summed E-state index contributed by atoms with van der Waals surface area (Å²) in [6.45, 7) is 5.48. The van der Waals surface area contributed by atoms with Gasteiger partial charge in [0, 0.05) is 16.4 Å². The molecule has 0 spiro atoms. The maximum Gasteiger partial charge on any atom is 0.261 e. The zero-order chi connectivity index (χ0) is 15.5. The van der Waals surface area contributed by atoms with Crippen LogP contribution in [-0.2, 0) is 17.7 Å². The number of nitrogens with zero attached hydrogens (tertiary/aromatic N) is 1. The Balaban J connectivity index is 1.62. The van der Waals surface area contributed by atoms with Crippen LogP contribution in [0.3, 0.4) is 0 Å². The van der Waals surface area contributed by atoms with Gasteiger partial charge in [-0.3, -0.25) is 4.79 Å². The van der Waals surface area contributed by atoms with Crippen LogP contribution >= 0.6 is 22.7 Å². The fourth-order valence-electron chi connectivity index (χ4n) is 2.62. The van der Waals surface area contributed by atoms with Crippen molar-refractivity contribution >= 4 is 28.6 Å². The quantitative estimate of drug-likeness (QED) is 0.902. The predicted octanol–water partition coefficient (Wildman–Crippen LogP) is 3.86. The normalized spacial score (nSPS) is 17.8. The van der Waals surface area contributed by atoms with Crippen LogP contribution in [0.2, 0.25) is 0 Å². The molecule has 3 rings (SSSR count). The van der Waals surface area contributed by atoms with Crippen LogP contribution in [0.5, 0.6) is 0 Å². The fourth-order valence-corrected chi connectivity index (χ4v) is 4.60. The van der Waals surface area contributed by atoms with Gasteiger partial charge in [-0.25, -0.2) is 4.98 Å². The number of carbonyl (C=O) groups excluding carboxylic acids is 1. The largest absolute Gasteiger partial charge is 0.373 e. The fraction of sp³-hybridized carbons (Fsp3) is 0.500. The van der Waals surface area contributed by atoms with Gasteiger partial charge in [0.25, 0.3) is 5.91 Å². The van der Waals surface area contributed by atoms with Crippen LogP contribution in [-0.4, -0.2) is 17.5 Å². The minimum Gasteiger partial charge on any atom is -0.373 e. The molecule has 1 atom stereocenters. The Kier molecular flexibility index (Phi) is 4.90. The summed E-state index contributed by atoms with van der Waals surface area (Å²) in [6, 6.07) is 3.92. The third-order valence-electron chi connectivity index (χ3n) is 3.73. The number of amides is 1. The van der Waals surface area contributed by atoms with Gasteiger partial charge in [0.2, 0.25) is 0 Å². The lowest BCUT2D eigenvalue weighted by Gasteiger charge is -2.05. The molecule has 6 heteroatoms. The van der Waals surface area contributed by atoms with E-state index in [1.165, 1.54) is 11.3 Å². The molecule has 1 fully saturated rings. The molecule has 1 amide bonds. The third-order valence-corrected chi connectivity index (χ3v) is 5.92. The van der Waals surface area contributed by atoms with Crippen LogP contribution in [0, 0.1) is 6.92 Å². The molecule has 1 saturated heterocycles. The van der Waals surface area contributed by atoms with E-state index in [0.29, 0.717) is 6.54 Å². The van der Waals surface area contributed by atoms with Crippen LogP contribution < -0.4 is 5.32 Å². The summed E-state index contributed by atoms with van der Waals surface area (Å²) in [4.78, 5) is 19.9. The topological polar surface area (TPSA) is 51.2 Å². The highest BCUT2D eigenvalue weighted by atomic mass is 32.1. The van der Waals surface area contributed by atoms with E-state index in [0.717, 1.165) is 51.2 Å². The molecule has 1 aliphatic rings. The summed E-state index contributed by atoms with van der Waals surface area (Å²) in [6.07, 6.45) is 3.25. The average Bonchev–Trinajstić information content (AvgIpc) is 3.23. The first-order chi connectivity index (χ1) is 10.7. The van der Waals surface area contributed by atoms with Crippen molar-refractivity contribution in [3.63, 3.8) is 0 Å². The molecule has 22 heavy (non-hydrogen) atoms. The number of thiophene rings is 1. The molecule has 0 bridgehead atoms. The summed E-state index contributed by atoms with van der Waals surface area (Å²) < 4.78 is 5.67. The van der Waals surface area contributed by atoms with Crippen molar-refractivity contribution < 1.29 is 9.53 Å². The van der Waals surface area contributed by atoms with E-state index in [2.05, 4.69) is 17.2 Å². The Bertz CT molecular complexity index is 657. The smallest absolute Gasteiger partial charge is 0.261 e. The van der Waals surface area contributed by atoms with E-state index >= 15 is 0 Å². The molecule has 1 unspecified atom stereocenters. The monoisotopic (exact) mass is 336 g/mol. The van der Waals surface area contributed by atoms with E-state index in [1.807, 2.05) is 19.1 Å². The van der Waals surface area contributed by atoms with Gasteiger partial charge in [-0.05, 0) is 38.3 Å². The summed E-state index contributed by atoms with van der Waals surface area (Å²) in [5.41, 5.74) is 1.09. The van der Waals surface area contributed by atoms with E-state index in [4.69, 9.17) is 4.74 Å². The number of carbonyl (C=O) groups is 1. The number of hydrogen-bond donors (Lipinski definition) is 1. The number of thiazole rings is 1. The summed E-state index contributed by atoms with van der Waals surface area (Å²) >= 11 is 3.20. The van der Waals surface area contributed by atoms with Gasteiger partial charge in [-0.1, -0.05) is 6.92 Å². The molecule has 3 heterocycles. The maximum absolute atomic E-state index is 12.3. The van der Waals surface area contributed by atoms with Gasteiger partial charge in [0.1, 0.15) is 0 Å². The van der Waals surface area contributed by atoms with Gasteiger partial charge in [0.05, 0.1) is 28.2 Å². The first-order valence-corrected chi connectivity index (χ1v) is 9.25. The van der Waals surface area contributed by atoms with Crippen molar-refractivity contribution in [3.8, 4) is 0 Å². The molecule has 0 aliphatic carbocycles. The van der Waals surface area contributed by atoms with Crippen molar-refractivity contribution in [2.75, 3.05) is 6.61 Å². The van der Waals surface area contributed by atoms with Crippen LogP contribution in [0.1, 0.15) is 56.0 Å². The van der Waals surface area contributed by atoms with Gasteiger partial charge in [-0.15, -0.1) is 22.7 Å². The maximum atomic E-state index is 12.3. The molecule has 1 aliphatic heterocycles. The van der Waals surface area contributed by atoms with Gasteiger partial charge in [-0.2, -0.15) is 0 Å². The molecule has 2 aromatic rings. The summed E-state index contributed by atoms with van der Waals surface area (Å²) in [7, 11) is 0. The number of aromatic nitrogens is 1. The highest BCUT2D eigenvalue weighted by Crippen LogP contribution is 2.33. The predicted molar refractivity (Wildman–Crippen MR) is 89.6 cm³/mol. The first kappa shape index (κ1) is 15.6. The second-order valence-corrected chi connectivity index (χ2v) is 7.75. The van der Waals surface area contributed by atoms with Crippen molar-refractivity contribution in [3.05, 3.63) is 37.5 Å². The number of nitrogens with one attached hydrogen (secondary N) is 1. The Labute approximate surface area is 138 Å². The molecule has 1 N–H and O–H groups in total. The van der Waals surface area contributed by atoms with E-state index < -0.39 is 0 Å². The molecule has 0 radical (unpaired) electrons. The Morgan fingerprint density at radius 3 is 3.05 bits per heavy atom. The average molecular weight is 336 g/mol. The Hall–Kier alpha value is -1.24. The Morgan fingerprint density at radius 2 is 2.32 bits per heavy atom. The van der Waals surface area contributed by atoms with Crippen LogP contribution in [0.15, 0.2) is 12.1 Å². The third kappa shape index (κ3) is 3.39. The highest BCUT2D eigenvalue weighted by molar-refractivity contribution is 7.14. The number of rotatable bonds is 5. The summed E-state index contributed by atoms with van der Waals surface area (Å²) in [5.74, 6) is -0.0117. The molecular weight excluding hydrogens is 316 g/mol. The van der Waals surface area contributed by atoms with Crippen molar-refractivity contribution in [1.82, 2.24) is 10.3 Å². The molecule has 2 aromatic heterocycles. The highest BCUT2D eigenvalue weighted by Gasteiger charge is 2.21. The standard InChI is InChI=1S/C16H20N2O2S2/c1-3-11-15(21-10(2)18-11)9-17-16(19)14-7-6-13(22-14)12-5-4-8-20-12/h6-7,12H,3-5,8-9H2,1-2H3,(H,17,19). The molecule has 118 valence electrons. The van der Waals surface area contributed by atoms with Crippen LogP contribution in [0.4, 0.5) is 0 Å². The van der Waals surface area contributed by atoms with E-state index in [9.17, 15) is 4.79 Å². The second kappa shape index (κ2) is 6.89. The molecule has 0 aromatic carbocycles. The van der Waals surface area contributed by atoms with Crippen molar-refractivity contribution in [2.45, 2.75) is 45.8 Å². The SMILES string of the molecule is CCc1nc(C)sc1CNC(=O)c1ccc(C2CCCO2)s1. The zero-order valence-corrected chi connectivity index (χ0v) is 14.5. The molecule has 4 nitrogen and oxygen atoms in total. The van der Waals surface area contributed by atoms with E-state index in [-0.39, 0.29) is 12.0 Å². The zero-order valence-electron chi connectivity index (χ0n) is 12.8. The van der Waals surface area contributed by atoms with Crippen LogP contribution in [0.25, 0.3) is 0 Å². The number of hydrogen-bond acceptors (Lipinski definition) is 5. The lowest BCUT2D eigenvalue weighted by Crippen LogP contribution is -2.21. The summed E-state index contributed by atoms with van der Waals surface area (Å²) in [5, 5.41) is 4.06. The van der Waals surface area contributed by atoms with Gasteiger partial charge in [0.15, 0.2) is 0 Å². The van der Waals surface area contributed by atoms with Gasteiger partial charge < -0.3 is 10.1 Å². The minimum absolute atomic E-state index is 0.0117. The van der Waals surface area contributed by atoms with Crippen molar-refractivity contribution in [1.29, 1.82) is 0 Å². The minimum atomic E-state index is -0.0117. The first-order valence-electron chi connectivity index (χ1n) is 7.62. The second-order valence-electron chi connectivity index (χ2n) is 5.34.